The zero-order chi connectivity index (χ0) is 19.3. The molecule has 0 aliphatic heterocycles. The monoisotopic (exact) mass is 432 g/mol. The van der Waals surface area contributed by atoms with Crippen LogP contribution in [0.3, 0.4) is 0 Å². The summed E-state index contributed by atoms with van der Waals surface area (Å²) in [6.07, 6.45) is -4.80. The standard InChI is InChI=1S/C16H12BrF3N2O4/c17-12-1-3-14(4-2-12)26-6-5-21-15(23)10-7-11(16(18,19)20)9-13(8-10)22(24)25/h1-4,7-9H,5-6H2,(H,21,23). The summed E-state index contributed by atoms with van der Waals surface area (Å²) in [5, 5.41) is 13.1. The molecule has 138 valence electrons. The molecule has 0 atom stereocenters. The third-order valence-electron chi connectivity index (χ3n) is 3.19. The normalized spacial score (nSPS) is 11.1. The van der Waals surface area contributed by atoms with Gasteiger partial charge in [0.15, 0.2) is 0 Å². The van der Waals surface area contributed by atoms with Gasteiger partial charge in [0.1, 0.15) is 12.4 Å². The Morgan fingerprint density at radius 3 is 2.42 bits per heavy atom. The summed E-state index contributed by atoms with van der Waals surface area (Å²) < 4.78 is 44.7. The molecule has 0 radical (unpaired) electrons. The van der Waals surface area contributed by atoms with Crippen LogP contribution in [0.15, 0.2) is 46.9 Å². The smallest absolute Gasteiger partial charge is 0.416 e. The van der Waals surface area contributed by atoms with Gasteiger partial charge < -0.3 is 10.1 Å². The molecule has 2 rings (SSSR count). The highest BCUT2D eigenvalue weighted by Gasteiger charge is 2.33. The summed E-state index contributed by atoms with van der Waals surface area (Å²) in [5.41, 5.74) is -2.52. The number of hydrogen-bond donors (Lipinski definition) is 1. The van der Waals surface area contributed by atoms with Gasteiger partial charge in [0, 0.05) is 22.2 Å². The van der Waals surface area contributed by atoms with E-state index in [1.165, 1.54) is 0 Å². The maximum atomic E-state index is 12.8. The Kier molecular flexibility index (Phi) is 6.19. The molecule has 1 N–H and O–H groups in total. The van der Waals surface area contributed by atoms with Crippen molar-refractivity contribution in [2.45, 2.75) is 6.18 Å². The molecule has 26 heavy (non-hydrogen) atoms. The van der Waals surface area contributed by atoms with Crippen molar-refractivity contribution >= 4 is 27.5 Å². The number of carbonyl (C=O) groups is 1. The maximum absolute atomic E-state index is 12.8. The van der Waals surface area contributed by atoms with Crippen LogP contribution in [0, 0.1) is 10.1 Å². The van der Waals surface area contributed by atoms with Crippen molar-refractivity contribution in [2.24, 2.45) is 0 Å². The van der Waals surface area contributed by atoms with Crippen molar-refractivity contribution in [1.29, 1.82) is 0 Å². The first-order valence-electron chi connectivity index (χ1n) is 7.20. The number of amides is 1. The van der Waals surface area contributed by atoms with Gasteiger partial charge in [-0.15, -0.1) is 0 Å². The van der Waals surface area contributed by atoms with Crippen molar-refractivity contribution in [3.05, 3.63) is 68.2 Å². The largest absolute Gasteiger partial charge is 0.492 e. The van der Waals surface area contributed by atoms with E-state index in [4.69, 9.17) is 4.74 Å². The number of non-ortho nitro benzene ring substituents is 1. The number of nitro benzene ring substituents is 1. The van der Waals surface area contributed by atoms with Gasteiger partial charge in [-0.3, -0.25) is 14.9 Å². The molecule has 10 heteroatoms. The van der Waals surface area contributed by atoms with Crippen molar-refractivity contribution in [2.75, 3.05) is 13.2 Å². The van der Waals surface area contributed by atoms with Crippen LogP contribution in [-0.2, 0) is 6.18 Å². The first kappa shape index (κ1) is 19.7. The lowest BCUT2D eigenvalue weighted by Crippen LogP contribution is -2.28. The molecular weight excluding hydrogens is 421 g/mol. The van der Waals surface area contributed by atoms with E-state index in [0.29, 0.717) is 17.9 Å². The number of halogens is 4. The molecule has 0 fully saturated rings. The number of nitrogens with zero attached hydrogens (tertiary/aromatic N) is 1. The zero-order valence-electron chi connectivity index (χ0n) is 13.0. The Balaban J connectivity index is 2.01. The molecule has 1 amide bonds. The Morgan fingerprint density at radius 2 is 1.85 bits per heavy atom. The second kappa shape index (κ2) is 8.17. The lowest BCUT2D eigenvalue weighted by Gasteiger charge is -2.10. The highest BCUT2D eigenvalue weighted by atomic mass is 79.9. The lowest BCUT2D eigenvalue weighted by molar-refractivity contribution is -0.385. The summed E-state index contributed by atoms with van der Waals surface area (Å²) in [5.74, 6) is -0.309. The highest BCUT2D eigenvalue weighted by molar-refractivity contribution is 9.10. The van der Waals surface area contributed by atoms with Gasteiger partial charge >= 0.3 is 6.18 Å². The third-order valence-corrected chi connectivity index (χ3v) is 3.72. The van der Waals surface area contributed by atoms with Crippen LogP contribution in [-0.4, -0.2) is 24.0 Å². The van der Waals surface area contributed by atoms with Crippen LogP contribution in [0.5, 0.6) is 5.75 Å². The first-order chi connectivity index (χ1) is 12.2. The number of ether oxygens (including phenoxy) is 1. The van der Waals surface area contributed by atoms with E-state index in [-0.39, 0.29) is 13.2 Å². The summed E-state index contributed by atoms with van der Waals surface area (Å²) in [7, 11) is 0. The van der Waals surface area contributed by atoms with Crippen LogP contribution in [0.2, 0.25) is 0 Å². The fourth-order valence-corrected chi connectivity index (χ4v) is 2.24. The molecule has 0 saturated heterocycles. The van der Waals surface area contributed by atoms with Gasteiger partial charge in [0.25, 0.3) is 11.6 Å². The molecule has 0 saturated carbocycles. The van der Waals surface area contributed by atoms with Crippen molar-refractivity contribution in [3.63, 3.8) is 0 Å². The van der Waals surface area contributed by atoms with Crippen LogP contribution in [0.4, 0.5) is 18.9 Å². The van der Waals surface area contributed by atoms with Crippen molar-refractivity contribution in [3.8, 4) is 5.75 Å². The van der Waals surface area contributed by atoms with E-state index in [9.17, 15) is 28.1 Å². The Morgan fingerprint density at radius 1 is 1.19 bits per heavy atom. The number of rotatable bonds is 6. The minimum absolute atomic E-state index is 0.0128. The van der Waals surface area contributed by atoms with Crippen molar-refractivity contribution in [1.82, 2.24) is 5.32 Å². The van der Waals surface area contributed by atoms with Gasteiger partial charge in [-0.2, -0.15) is 13.2 Å². The second-order valence-electron chi connectivity index (χ2n) is 5.08. The average Bonchev–Trinajstić information content (AvgIpc) is 2.58. The van der Waals surface area contributed by atoms with E-state index >= 15 is 0 Å². The van der Waals surface area contributed by atoms with E-state index in [0.717, 1.165) is 10.5 Å². The molecule has 0 aromatic heterocycles. The predicted octanol–water partition coefficient (Wildman–Crippen LogP) is 4.18. The molecule has 2 aromatic rings. The second-order valence-corrected chi connectivity index (χ2v) is 6.00. The molecule has 0 unspecified atom stereocenters. The highest BCUT2D eigenvalue weighted by Crippen LogP contribution is 2.32. The predicted molar refractivity (Wildman–Crippen MR) is 90.1 cm³/mol. The number of nitrogens with one attached hydrogen (secondary N) is 1. The summed E-state index contributed by atoms with van der Waals surface area (Å²) in [4.78, 5) is 21.8. The topological polar surface area (TPSA) is 81.5 Å². The van der Waals surface area contributed by atoms with Crippen LogP contribution in [0.25, 0.3) is 0 Å². The van der Waals surface area contributed by atoms with Crippen molar-refractivity contribution < 1.29 is 27.6 Å². The summed E-state index contributed by atoms with van der Waals surface area (Å²) in [6.45, 7) is 0.0906. The molecule has 0 aliphatic rings. The zero-order valence-corrected chi connectivity index (χ0v) is 14.6. The van der Waals surface area contributed by atoms with Gasteiger partial charge in [0.2, 0.25) is 0 Å². The Labute approximate surface area is 154 Å². The van der Waals surface area contributed by atoms with Gasteiger partial charge in [-0.25, -0.2) is 0 Å². The molecule has 0 spiro atoms. The molecule has 6 nitrogen and oxygen atoms in total. The Hall–Kier alpha value is -2.62. The van der Waals surface area contributed by atoms with E-state index < -0.39 is 33.8 Å². The number of alkyl halides is 3. The molecule has 0 aliphatic carbocycles. The SMILES string of the molecule is O=C(NCCOc1ccc(Br)cc1)c1cc([N+](=O)[O-])cc(C(F)(F)F)c1. The van der Waals surface area contributed by atoms with Gasteiger partial charge in [-0.1, -0.05) is 15.9 Å². The fourth-order valence-electron chi connectivity index (χ4n) is 1.98. The van der Waals surface area contributed by atoms with E-state index in [1.54, 1.807) is 24.3 Å². The summed E-state index contributed by atoms with van der Waals surface area (Å²) >= 11 is 3.27. The summed E-state index contributed by atoms with van der Waals surface area (Å²) in [6, 6.07) is 8.65. The maximum Gasteiger partial charge on any atom is 0.416 e. The third kappa shape index (κ3) is 5.45. The molecule has 0 bridgehead atoms. The van der Waals surface area contributed by atoms with E-state index in [2.05, 4.69) is 21.2 Å². The molecular formula is C16H12BrF3N2O4. The number of hydrogen-bond acceptors (Lipinski definition) is 4. The Bertz CT molecular complexity index is 810. The van der Waals surface area contributed by atoms with Crippen LogP contribution >= 0.6 is 15.9 Å². The number of carbonyl (C=O) groups excluding carboxylic acids is 1. The molecule has 0 heterocycles. The lowest BCUT2D eigenvalue weighted by atomic mass is 10.1. The quantitative estimate of drug-likeness (QED) is 0.421. The average molecular weight is 433 g/mol. The van der Waals surface area contributed by atoms with Crippen LogP contribution in [0.1, 0.15) is 15.9 Å². The number of nitro groups is 1. The van der Waals surface area contributed by atoms with E-state index in [1.807, 2.05) is 0 Å². The number of benzene rings is 2. The first-order valence-corrected chi connectivity index (χ1v) is 7.99. The minimum atomic E-state index is -4.80. The molecule has 2 aromatic carbocycles. The van der Waals surface area contributed by atoms with Crippen LogP contribution < -0.4 is 10.1 Å². The fraction of sp³-hybridized carbons (Fsp3) is 0.188. The van der Waals surface area contributed by atoms with Gasteiger partial charge in [0.05, 0.1) is 17.0 Å². The minimum Gasteiger partial charge on any atom is -0.492 e. The van der Waals surface area contributed by atoms with Gasteiger partial charge in [-0.05, 0) is 30.3 Å².